The number of carbonyl (C=O) groups is 1. The fourth-order valence-corrected chi connectivity index (χ4v) is 3.11. The van der Waals surface area contributed by atoms with E-state index in [-0.39, 0.29) is 29.1 Å². The standard InChI is InChI=1S/C18H30N2O/c1-13-7-8-16(20(5)6)14(2)17(21)11-15(12-19)18(3,4)10-9-13/h9,14-16H,7-8,10-11H2,1-6H3/b13-9+/t14-,15?,16-/m1/s1. The normalized spacial score (nSPS) is 33.7. The first-order valence-electron chi connectivity index (χ1n) is 7.93. The van der Waals surface area contributed by atoms with Crippen LogP contribution >= 0.6 is 0 Å². The Bertz CT molecular complexity index is 443. The zero-order chi connectivity index (χ0) is 16.2. The molecule has 0 aromatic carbocycles. The van der Waals surface area contributed by atoms with E-state index in [1.807, 2.05) is 21.0 Å². The SMILES string of the molecule is C/C1=C\CC(C)(C)C(C#N)CC(=O)[C@H](C)[C@H](N(C)C)CC1. The molecule has 118 valence electrons. The molecule has 0 amide bonds. The van der Waals surface area contributed by atoms with Crippen molar-refractivity contribution < 1.29 is 4.79 Å². The van der Waals surface area contributed by atoms with Crippen molar-refractivity contribution in [2.45, 2.75) is 59.4 Å². The minimum absolute atomic E-state index is 0.0162. The minimum Gasteiger partial charge on any atom is -0.306 e. The highest BCUT2D eigenvalue weighted by atomic mass is 16.1. The van der Waals surface area contributed by atoms with Crippen molar-refractivity contribution in [1.82, 2.24) is 4.90 Å². The van der Waals surface area contributed by atoms with Crippen LogP contribution in [0, 0.1) is 28.6 Å². The van der Waals surface area contributed by atoms with Gasteiger partial charge in [-0.15, -0.1) is 0 Å². The lowest BCUT2D eigenvalue weighted by atomic mass is 9.73. The molecule has 0 radical (unpaired) electrons. The molecule has 0 spiro atoms. The maximum absolute atomic E-state index is 12.6. The van der Waals surface area contributed by atoms with E-state index >= 15 is 0 Å². The van der Waals surface area contributed by atoms with Crippen LogP contribution in [0.15, 0.2) is 11.6 Å². The zero-order valence-corrected chi connectivity index (χ0v) is 14.4. The summed E-state index contributed by atoms with van der Waals surface area (Å²) in [5.41, 5.74) is 1.22. The van der Waals surface area contributed by atoms with Crippen LogP contribution in [0.3, 0.4) is 0 Å². The Morgan fingerprint density at radius 1 is 1.38 bits per heavy atom. The summed E-state index contributed by atoms with van der Waals surface area (Å²) < 4.78 is 0. The maximum Gasteiger partial charge on any atom is 0.138 e. The second kappa shape index (κ2) is 7.22. The Balaban J connectivity index is 3.10. The van der Waals surface area contributed by atoms with E-state index in [0.29, 0.717) is 6.42 Å². The number of nitrogens with zero attached hydrogens (tertiary/aromatic N) is 2. The molecule has 0 N–H and O–H groups in total. The Labute approximate surface area is 130 Å². The van der Waals surface area contributed by atoms with Gasteiger partial charge in [0.1, 0.15) is 5.78 Å². The highest BCUT2D eigenvalue weighted by Gasteiger charge is 2.34. The Morgan fingerprint density at radius 3 is 2.52 bits per heavy atom. The second-order valence-corrected chi connectivity index (χ2v) is 7.45. The summed E-state index contributed by atoms with van der Waals surface area (Å²) in [5, 5.41) is 9.49. The van der Waals surface area contributed by atoms with Crippen molar-refractivity contribution in [1.29, 1.82) is 5.26 Å². The molecule has 1 rings (SSSR count). The van der Waals surface area contributed by atoms with E-state index in [1.165, 1.54) is 5.57 Å². The zero-order valence-electron chi connectivity index (χ0n) is 14.4. The average molecular weight is 290 g/mol. The molecule has 21 heavy (non-hydrogen) atoms. The second-order valence-electron chi connectivity index (χ2n) is 7.45. The lowest BCUT2D eigenvalue weighted by molar-refractivity contribution is -0.125. The molecule has 1 aliphatic rings. The molecule has 0 aromatic heterocycles. The predicted octanol–water partition coefficient (Wildman–Crippen LogP) is 3.81. The summed E-state index contributed by atoms with van der Waals surface area (Å²) in [6.45, 7) is 8.38. The van der Waals surface area contributed by atoms with Gasteiger partial charge in [-0.1, -0.05) is 32.4 Å². The van der Waals surface area contributed by atoms with E-state index in [9.17, 15) is 10.1 Å². The van der Waals surface area contributed by atoms with Crippen LogP contribution in [-0.2, 0) is 4.79 Å². The minimum atomic E-state index is -0.211. The van der Waals surface area contributed by atoms with Gasteiger partial charge in [-0.3, -0.25) is 4.79 Å². The molecule has 1 unspecified atom stereocenters. The topological polar surface area (TPSA) is 44.1 Å². The number of rotatable bonds is 1. The van der Waals surface area contributed by atoms with Gasteiger partial charge in [0.25, 0.3) is 0 Å². The maximum atomic E-state index is 12.6. The molecule has 3 heteroatoms. The number of hydrogen-bond acceptors (Lipinski definition) is 3. The molecule has 0 aromatic rings. The van der Waals surface area contributed by atoms with Crippen LogP contribution < -0.4 is 0 Å². The van der Waals surface area contributed by atoms with Crippen LogP contribution in [0.5, 0.6) is 0 Å². The fraction of sp³-hybridized carbons (Fsp3) is 0.778. The van der Waals surface area contributed by atoms with Gasteiger partial charge < -0.3 is 4.90 Å². The van der Waals surface area contributed by atoms with Crippen molar-refractivity contribution in [3.8, 4) is 6.07 Å². The first-order valence-corrected chi connectivity index (χ1v) is 7.93. The molecular weight excluding hydrogens is 260 g/mol. The average Bonchev–Trinajstić information content (AvgIpc) is 2.41. The van der Waals surface area contributed by atoms with E-state index < -0.39 is 0 Å². The highest BCUT2D eigenvalue weighted by Crippen LogP contribution is 2.36. The monoisotopic (exact) mass is 290 g/mol. The van der Waals surface area contributed by atoms with Gasteiger partial charge in [-0.25, -0.2) is 0 Å². The Kier molecular flexibility index (Phi) is 6.16. The number of carbonyl (C=O) groups excluding carboxylic acids is 1. The lowest BCUT2D eigenvalue weighted by Crippen LogP contribution is -2.39. The van der Waals surface area contributed by atoms with Crippen LogP contribution in [0.1, 0.15) is 53.4 Å². The van der Waals surface area contributed by atoms with Crippen molar-refractivity contribution in [2.75, 3.05) is 14.1 Å². The van der Waals surface area contributed by atoms with Gasteiger partial charge >= 0.3 is 0 Å². The van der Waals surface area contributed by atoms with Crippen LogP contribution in [0.2, 0.25) is 0 Å². The van der Waals surface area contributed by atoms with Crippen molar-refractivity contribution in [3.05, 3.63) is 11.6 Å². The smallest absolute Gasteiger partial charge is 0.138 e. The van der Waals surface area contributed by atoms with Crippen molar-refractivity contribution in [3.63, 3.8) is 0 Å². The number of ketones is 1. The lowest BCUT2D eigenvalue weighted by Gasteiger charge is -2.31. The van der Waals surface area contributed by atoms with E-state index in [0.717, 1.165) is 19.3 Å². The summed E-state index contributed by atoms with van der Waals surface area (Å²) in [4.78, 5) is 14.8. The number of hydrogen-bond donors (Lipinski definition) is 0. The summed E-state index contributed by atoms with van der Waals surface area (Å²) in [6.07, 6.45) is 5.53. The van der Waals surface area contributed by atoms with E-state index in [2.05, 4.69) is 37.8 Å². The highest BCUT2D eigenvalue weighted by molar-refractivity contribution is 5.82. The third-order valence-electron chi connectivity index (χ3n) is 5.06. The Morgan fingerprint density at radius 2 is 2.00 bits per heavy atom. The predicted molar refractivity (Wildman–Crippen MR) is 86.8 cm³/mol. The molecule has 0 saturated heterocycles. The molecule has 0 fully saturated rings. The third-order valence-corrected chi connectivity index (χ3v) is 5.06. The van der Waals surface area contributed by atoms with E-state index in [1.54, 1.807) is 0 Å². The van der Waals surface area contributed by atoms with Crippen molar-refractivity contribution >= 4 is 5.78 Å². The number of allylic oxidation sites excluding steroid dienone is 2. The summed E-state index contributed by atoms with van der Waals surface area (Å²) in [7, 11) is 4.08. The molecule has 0 heterocycles. The van der Waals surface area contributed by atoms with Crippen LogP contribution in [0.25, 0.3) is 0 Å². The van der Waals surface area contributed by atoms with Crippen LogP contribution in [0.4, 0.5) is 0 Å². The molecule has 0 bridgehead atoms. The molecule has 0 aliphatic heterocycles. The molecule has 1 aliphatic carbocycles. The molecule has 0 saturated carbocycles. The quantitative estimate of drug-likeness (QED) is 0.690. The van der Waals surface area contributed by atoms with Gasteiger partial charge in [-0.05, 0) is 45.7 Å². The van der Waals surface area contributed by atoms with Gasteiger partial charge in [0, 0.05) is 18.4 Å². The summed E-state index contributed by atoms with van der Waals surface area (Å²) in [5.74, 6) is 0.00263. The first-order chi connectivity index (χ1) is 9.69. The fourth-order valence-electron chi connectivity index (χ4n) is 3.11. The molecular formula is C18H30N2O. The largest absolute Gasteiger partial charge is 0.306 e. The van der Waals surface area contributed by atoms with Gasteiger partial charge in [0.15, 0.2) is 0 Å². The summed E-state index contributed by atoms with van der Waals surface area (Å²) in [6, 6.07) is 2.63. The summed E-state index contributed by atoms with van der Waals surface area (Å²) >= 11 is 0. The third kappa shape index (κ3) is 4.68. The van der Waals surface area contributed by atoms with Gasteiger partial charge in [0.05, 0.1) is 12.0 Å². The number of Topliss-reactive ketones (excluding diaryl/α,β-unsaturated/α-hetero) is 1. The van der Waals surface area contributed by atoms with Crippen LogP contribution in [-0.4, -0.2) is 30.8 Å². The van der Waals surface area contributed by atoms with Crippen molar-refractivity contribution in [2.24, 2.45) is 17.3 Å². The van der Waals surface area contributed by atoms with Gasteiger partial charge in [0.2, 0.25) is 0 Å². The Hall–Kier alpha value is -1.14. The van der Waals surface area contributed by atoms with E-state index in [4.69, 9.17) is 0 Å². The first kappa shape index (κ1) is 17.9. The van der Waals surface area contributed by atoms with Gasteiger partial charge in [-0.2, -0.15) is 5.26 Å². The number of nitriles is 1. The molecule has 3 atom stereocenters. The molecule has 3 nitrogen and oxygen atoms in total.